The summed E-state index contributed by atoms with van der Waals surface area (Å²) in [6, 6.07) is 58.0. The van der Waals surface area contributed by atoms with E-state index in [1.54, 1.807) is 12.1 Å². The third-order valence-corrected chi connectivity index (χ3v) is 9.13. The lowest BCUT2D eigenvalue weighted by molar-refractivity contribution is -0.137. The molecule has 252 valence electrons. The molecular weight excluding hydrogens is 652 g/mol. The summed E-state index contributed by atoms with van der Waals surface area (Å²) in [5, 5.41) is 2.03. The number of aliphatic imine (C=N–C) groups is 2. The van der Waals surface area contributed by atoms with Crippen LogP contribution in [0.1, 0.15) is 33.4 Å². The Balaban J connectivity index is 1.31. The van der Waals surface area contributed by atoms with Crippen LogP contribution in [0, 0.1) is 0 Å². The standard InChI is InChI=1S/C46H32F3N3/c47-46(48,49)37-23-21-32(22-24-37)31-52-42-29-38(50-44(33-13-5-1-6-14-33)34-15-7-2-8-16-34)25-27-40(42)41-28-26-39(30-43(41)52)51-45(35-17-9-3-10-18-35)36-19-11-4-12-20-36/h1-30H,31H2. The smallest absolute Gasteiger partial charge is 0.336 e. The number of fused-ring (bicyclic) bond motifs is 3. The minimum atomic E-state index is -4.41. The van der Waals surface area contributed by atoms with Gasteiger partial charge in [0, 0.05) is 39.6 Å². The summed E-state index contributed by atoms with van der Waals surface area (Å²) in [6.07, 6.45) is -4.41. The van der Waals surface area contributed by atoms with Crippen LogP contribution in [0.15, 0.2) is 192 Å². The van der Waals surface area contributed by atoms with Crippen molar-refractivity contribution in [3.63, 3.8) is 0 Å². The molecule has 7 aromatic carbocycles. The van der Waals surface area contributed by atoms with E-state index in [9.17, 15) is 13.2 Å². The summed E-state index contributed by atoms with van der Waals surface area (Å²) >= 11 is 0. The fraction of sp³-hybridized carbons (Fsp3) is 0.0435. The molecule has 3 nitrogen and oxygen atoms in total. The monoisotopic (exact) mass is 683 g/mol. The second kappa shape index (κ2) is 14.0. The van der Waals surface area contributed by atoms with Crippen molar-refractivity contribution < 1.29 is 13.2 Å². The van der Waals surface area contributed by atoms with Crippen LogP contribution < -0.4 is 0 Å². The lowest BCUT2D eigenvalue weighted by atomic mass is 10.0. The molecule has 0 unspecified atom stereocenters. The van der Waals surface area contributed by atoms with Crippen molar-refractivity contribution in [3.8, 4) is 0 Å². The summed E-state index contributed by atoms with van der Waals surface area (Å²) < 4.78 is 42.6. The van der Waals surface area contributed by atoms with Crippen LogP contribution in [0.25, 0.3) is 21.8 Å². The van der Waals surface area contributed by atoms with E-state index in [0.29, 0.717) is 6.54 Å². The molecule has 0 atom stereocenters. The maximum Gasteiger partial charge on any atom is 0.416 e. The van der Waals surface area contributed by atoms with Gasteiger partial charge in [-0.15, -0.1) is 0 Å². The fourth-order valence-electron chi connectivity index (χ4n) is 6.60. The fourth-order valence-corrected chi connectivity index (χ4v) is 6.60. The van der Waals surface area contributed by atoms with Gasteiger partial charge < -0.3 is 4.57 Å². The van der Waals surface area contributed by atoms with E-state index in [4.69, 9.17) is 9.98 Å². The zero-order chi connectivity index (χ0) is 35.5. The molecule has 8 aromatic rings. The van der Waals surface area contributed by atoms with E-state index < -0.39 is 11.7 Å². The van der Waals surface area contributed by atoms with E-state index in [1.165, 1.54) is 0 Å². The normalized spacial score (nSPS) is 11.4. The van der Waals surface area contributed by atoms with Crippen LogP contribution in [-0.4, -0.2) is 16.0 Å². The molecule has 0 amide bonds. The highest BCUT2D eigenvalue weighted by molar-refractivity contribution is 6.16. The van der Waals surface area contributed by atoms with Crippen LogP contribution in [0.3, 0.4) is 0 Å². The van der Waals surface area contributed by atoms with Gasteiger partial charge in [0.05, 0.1) is 39.4 Å². The first kappa shape index (κ1) is 32.7. The van der Waals surface area contributed by atoms with Crippen molar-refractivity contribution in [1.29, 1.82) is 0 Å². The summed E-state index contributed by atoms with van der Waals surface area (Å²) in [7, 11) is 0. The molecule has 0 saturated heterocycles. The Morgan fingerprint density at radius 2 is 0.808 bits per heavy atom. The Hall–Kier alpha value is -6.53. The minimum Gasteiger partial charge on any atom is -0.336 e. The second-order valence-corrected chi connectivity index (χ2v) is 12.6. The van der Waals surface area contributed by atoms with Crippen molar-refractivity contribution in [2.45, 2.75) is 12.7 Å². The molecule has 0 fully saturated rings. The Morgan fingerprint density at radius 1 is 0.442 bits per heavy atom. The number of aromatic nitrogens is 1. The first-order chi connectivity index (χ1) is 25.4. The first-order valence-corrected chi connectivity index (χ1v) is 17.0. The molecule has 6 heteroatoms. The molecule has 52 heavy (non-hydrogen) atoms. The predicted molar refractivity (Wildman–Crippen MR) is 206 cm³/mol. The molecule has 8 rings (SSSR count). The Kier molecular flexibility index (Phi) is 8.79. The Labute approximate surface area is 299 Å². The molecule has 1 heterocycles. The molecule has 0 aliphatic heterocycles. The van der Waals surface area contributed by atoms with Crippen molar-refractivity contribution in [3.05, 3.63) is 215 Å². The Morgan fingerprint density at radius 3 is 1.15 bits per heavy atom. The topological polar surface area (TPSA) is 29.6 Å². The van der Waals surface area contributed by atoms with Gasteiger partial charge >= 0.3 is 6.18 Å². The van der Waals surface area contributed by atoms with Gasteiger partial charge in [0.1, 0.15) is 0 Å². The van der Waals surface area contributed by atoms with Crippen molar-refractivity contribution in [2.75, 3.05) is 0 Å². The second-order valence-electron chi connectivity index (χ2n) is 12.6. The summed E-state index contributed by atoms with van der Waals surface area (Å²) in [6.45, 7) is 0.354. The van der Waals surface area contributed by atoms with E-state index >= 15 is 0 Å². The van der Waals surface area contributed by atoms with E-state index in [2.05, 4.69) is 28.8 Å². The molecule has 1 aromatic heterocycles. The van der Waals surface area contributed by atoms with Gasteiger partial charge in [-0.05, 0) is 42.0 Å². The molecule has 0 aliphatic carbocycles. The number of nitrogens with zero attached hydrogens (tertiary/aromatic N) is 3. The molecule has 0 radical (unpaired) electrons. The SMILES string of the molecule is FC(F)(F)c1ccc(Cn2c3cc(N=C(c4ccccc4)c4ccccc4)ccc3c3ccc(N=C(c4ccccc4)c4ccccc4)cc32)cc1. The summed E-state index contributed by atoms with van der Waals surface area (Å²) in [4.78, 5) is 10.4. The van der Waals surface area contributed by atoms with Crippen LogP contribution in [0.4, 0.5) is 24.5 Å². The highest BCUT2D eigenvalue weighted by atomic mass is 19.4. The lowest BCUT2D eigenvalue weighted by Gasteiger charge is -2.12. The number of hydrogen-bond acceptors (Lipinski definition) is 2. The van der Waals surface area contributed by atoms with Crippen molar-refractivity contribution in [2.24, 2.45) is 9.98 Å². The summed E-state index contributed by atoms with van der Waals surface area (Å²) in [5.41, 5.74) is 9.11. The zero-order valence-corrected chi connectivity index (χ0v) is 28.0. The van der Waals surface area contributed by atoms with Gasteiger partial charge in [-0.1, -0.05) is 146 Å². The molecule has 0 saturated carbocycles. The maximum atomic E-state index is 13.5. The van der Waals surface area contributed by atoms with Crippen LogP contribution in [0.5, 0.6) is 0 Å². The van der Waals surface area contributed by atoms with Crippen molar-refractivity contribution >= 4 is 44.6 Å². The van der Waals surface area contributed by atoms with Gasteiger partial charge in [-0.3, -0.25) is 0 Å². The van der Waals surface area contributed by atoms with Gasteiger partial charge in [0.15, 0.2) is 0 Å². The van der Waals surface area contributed by atoms with Gasteiger partial charge in [0.25, 0.3) is 0 Å². The average Bonchev–Trinajstić information content (AvgIpc) is 3.48. The Bertz CT molecular complexity index is 2300. The van der Waals surface area contributed by atoms with Crippen LogP contribution >= 0.6 is 0 Å². The summed E-state index contributed by atoms with van der Waals surface area (Å²) in [5.74, 6) is 0. The predicted octanol–water partition coefficient (Wildman–Crippen LogP) is 12.2. The first-order valence-electron chi connectivity index (χ1n) is 17.0. The lowest BCUT2D eigenvalue weighted by Crippen LogP contribution is -2.05. The third kappa shape index (κ3) is 6.79. The number of benzene rings is 7. The maximum absolute atomic E-state index is 13.5. The quantitative estimate of drug-likeness (QED) is 0.143. The molecule has 0 bridgehead atoms. The number of hydrogen-bond donors (Lipinski definition) is 0. The number of rotatable bonds is 8. The number of alkyl halides is 3. The number of halogens is 3. The van der Waals surface area contributed by atoms with E-state index in [1.807, 2.05) is 133 Å². The minimum absolute atomic E-state index is 0.354. The van der Waals surface area contributed by atoms with Gasteiger partial charge in [0.2, 0.25) is 0 Å². The van der Waals surface area contributed by atoms with E-state index in [-0.39, 0.29) is 0 Å². The molecular formula is C46H32F3N3. The third-order valence-electron chi connectivity index (χ3n) is 9.13. The highest BCUT2D eigenvalue weighted by Gasteiger charge is 2.30. The van der Waals surface area contributed by atoms with Crippen LogP contribution in [0.2, 0.25) is 0 Å². The molecule has 0 spiro atoms. The largest absolute Gasteiger partial charge is 0.416 e. The van der Waals surface area contributed by atoms with Gasteiger partial charge in [-0.2, -0.15) is 13.2 Å². The van der Waals surface area contributed by atoms with Crippen molar-refractivity contribution in [1.82, 2.24) is 4.57 Å². The molecule has 0 aliphatic rings. The molecule has 0 N–H and O–H groups in total. The average molecular weight is 684 g/mol. The zero-order valence-electron chi connectivity index (χ0n) is 28.0. The highest BCUT2D eigenvalue weighted by Crippen LogP contribution is 2.36. The van der Waals surface area contributed by atoms with E-state index in [0.717, 1.165) is 84.6 Å². The van der Waals surface area contributed by atoms with Gasteiger partial charge in [-0.25, -0.2) is 9.98 Å². The van der Waals surface area contributed by atoms with Crippen LogP contribution in [-0.2, 0) is 12.7 Å².